The molecule has 2 aromatic heterocycles. The predicted octanol–water partition coefficient (Wildman–Crippen LogP) is 3.90. The summed E-state index contributed by atoms with van der Waals surface area (Å²) in [5, 5.41) is 0.906. The van der Waals surface area contributed by atoms with Crippen LogP contribution in [-0.4, -0.2) is 16.8 Å². The number of carbonyl (C=O) groups is 2. The van der Waals surface area contributed by atoms with Gasteiger partial charge in [-0.1, -0.05) is 32.0 Å². The second kappa shape index (κ2) is 9.38. The zero-order valence-corrected chi connectivity index (χ0v) is 17.3. The standard InChI is InChI=1S/C21H23N3O4S/c1-13(2)11-18-22-14(3)19(29-18)21(26)24-23-20(25)17-10-9-16(28-17)12-27-15-7-5-4-6-8-15/h4-10,13H,11-12H2,1-3H3,(H,23,25)(H,24,26). The number of furan rings is 1. The Balaban J connectivity index is 1.52. The Kier molecular flexibility index (Phi) is 6.66. The number of ether oxygens (including phenoxy) is 1. The molecule has 0 saturated heterocycles. The second-order valence-electron chi connectivity index (χ2n) is 6.90. The number of para-hydroxylation sites is 1. The van der Waals surface area contributed by atoms with Gasteiger partial charge in [-0.15, -0.1) is 11.3 Å². The molecule has 8 heteroatoms. The maximum Gasteiger partial charge on any atom is 0.305 e. The minimum Gasteiger partial charge on any atom is -0.486 e. The Morgan fingerprint density at radius 1 is 1.10 bits per heavy atom. The maximum atomic E-state index is 12.4. The van der Waals surface area contributed by atoms with E-state index >= 15 is 0 Å². The van der Waals surface area contributed by atoms with Crippen LogP contribution in [0.3, 0.4) is 0 Å². The average Bonchev–Trinajstić information content (AvgIpc) is 3.31. The number of carbonyl (C=O) groups excluding carboxylic acids is 2. The Bertz CT molecular complexity index is 979. The number of nitrogens with zero attached hydrogens (tertiary/aromatic N) is 1. The van der Waals surface area contributed by atoms with Crippen molar-refractivity contribution in [1.82, 2.24) is 15.8 Å². The first-order chi connectivity index (χ1) is 13.9. The topological polar surface area (TPSA) is 93.5 Å². The number of aromatic nitrogens is 1. The van der Waals surface area contributed by atoms with Gasteiger partial charge in [-0.2, -0.15) is 0 Å². The Labute approximate surface area is 173 Å². The van der Waals surface area contributed by atoms with E-state index in [0.29, 0.717) is 28.0 Å². The quantitative estimate of drug-likeness (QED) is 0.573. The monoisotopic (exact) mass is 413 g/mol. The molecule has 0 unspecified atom stereocenters. The Hall–Kier alpha value is -3.13. The van der Waals surface area contributed by atoms with Crippen molar-refractivity contribution in [2.24, 2.45) is 5.92 Å². The first-order valence-corrected chi connectivity index (χ1v) is 10.1. The van der Waals surface area contributed by atoms with Crippen LogP contribution >= 0.6 is 11.3 Å². The lowest BCUT2D eigenvalue weighted by Gasteiger charge is -2.05. The van der Waals surface area contributed by atoms with Gasteiger partial charge in [-0.25, -0.2) is 4.98 Å². The molecule has 0 radical (unpaired) electrons. The third-order valence-electron chi connectivity index (χ3n) is 3.93. The van der Waals surface area contributed by atoms with Gasteiger partial charge in [0.1, 0.15) is 23.0 Å². The highest BCUT2D eigenvalue weighted by Crippen LogP contribution is 2.20. The molecule has 2 N–H and O–H groups in total. The van der Waals surface area contributed by atoms with E-state index in [1.807, 2.05) is 30.3 Å². The highest BCUT2D eigenvalue weighted by atomic mass is 32.1. The van der Waals surface area contributed by atoms with Gasteiger partial charge < -0.3 is 9.15 Å². The second-order valence-corrected chi connectivity index (χ2v) is 7.98. The summed E-state index contributed by atoms with van der Waals surface area (Å²) < 4.78 is 11.1. The summed E-state index contributed by atoms with van der Waals surface area (Å²) in [5.41, 5.74) is 5.43. The smallest absolute Gasteiger partial charge is 0.305 e. The largest absolute Gasteiger partial charge is 0.486 e. The molecule has 0 spiro atoms. The van der Waals surface area contributed by atoms with Crippen molar-refractivity contribution in [2.75, 3.05) is 0 Å². The number of nitrogens with one attached hydrogen (secondary N) is 2. The van der Waals surface area contributed by atoms with Crippen molar-refractivity contribution in [3.05, 3.63) is 69.6 Å². The first-order valence-electron chi connectivity index (χ1n) is 9.26. The summed E-state index contributed by atoms with van der Waals surface area (Å²) in [5.74, 6) is 0.797. The zero-order chi connectivity index (χ0) is 20.8. The molecule has 0 fully saturated rings. The van der Waals surface area contributed by atoms with E-state index in [1.165, 1.54) is 17.4 Å². The van der Waals surface area contributed by atoms with Crippen LogP contribution in [0.5, 0.6) is 5.75 Å². The molecule has 2 heterocycles. The van der Waals surface area contributed by atoms with E-state index < -0.39 is 11.8 Å². The van der Waals surface area contributed by atoms with Crippen LogP contribution in [0, 0.1) is 12.8 Å². The van der Waals surface area contributed by atoms with Gasteiger partial charge in [0.25, 0.3) is 5.91 Å². The highest BCUT2D eigenvalue weighted by molar-refractivity contribution is 7.13. The van der Waals surface area contributed by atoms with E-state index in [2.05, 4.69) is 29.7 Å². The fourth-order valence-electron chi connectivity index (χ4n) is 2.58. The molecule has 0 bridgehead atoms. The zero-order valence-electron chi connectivity index (χ0n) is 16.5. The number of thiazole rings is 1. The van der Waals surface area contributed by atoms with Gasteiger partial charge in [0.05, 0.1) is 10.7 Å². The molecular weight excluding hydrogens is 390 g/mol. The molecular formula is C21H23N3O4S. The van der Waals surface area contributed by atoms with Gasteiger partial charge in [0.15, 0.2) is 5.76 Å². The maximum absolute atomic E-state index is 12.4. The summed E-state index contributed by atoms with van der Waals surface area (Å²) in [6.45, 7) is 6.17. The Morgan fingerprint density at radius 2 is 1.83 bits per heavy atom. The molecule has 152 valence electrons. The van der Waals surface area contributed by atoms with Crippen molar-refractivity contribution < 1.29 is 18.7 Å². The van der Waals surface area contributed by atoms with Crippen LogP contribution in [0.4, 0.5) is 0 Å². The normalized spacial score (nSPS) is 10.8. The Morgan fingerprint density at radius 3 is 2.55 bits per heavy atom. The van der Waals surface area contributed by atoms with Crippen molar-refractivity contribution in [2.45, 2.75) is 33.8 Å². The van der Waals surface area contributed by atoms with Crippen LogP contribution in [0.15, 0.2) is 46.9 Å². The van der Waals surface area contributed by atoms with Crippen molar-refractivity contribution >= 4 is 23.2 Å². The minimum absolute atomic E-state index is 0.0819. The number of hydrazine groups is 1. The molecule has 0 saturated carbocycles. The van der Waals surface area contributed by atoms with E-state index in [-0.39, 0.29) is 12.4 Å². The summed E-state index contributed by atoms with van der Waals surface area (Å²) in [6.07, 6.45) is 0.811. The number of hydrogen-bond donors (Lipinski definition) is 2. The fraction of sp³-hybridized carbons (Fsp3) is 0.286. The van der Waals surface area contributed by atoms with Crippen LogP contribution in [-0.2, 0) is 13.0 Å². The van der Waals surface area contributed by atoms with Gasteiger partial charge in [0, 0.05) is 6.42 Å². The number of aryl methyl sites for hydroxylation is 1. The lowest BCUT2D eigenvalue weighted by atomic mass is 10.1. The average molecular weight is 413 g/mol. The number of amides is 2. The van der Waals surface area contributed by atoms with Gasteiger partial charge in [-0.3, -0.25) is 20.4 Å². The van der Waals surface area contributed by atoms with Gasteiger partial charge >= 0.3 is 5.91 Å². The van der Waals surface area contributed by atoms with Crippen molar-refractivity contribution in [3.8, 4) is 5.75 Å². The van der Waals surface area contributed by atoms with Crippen LogP contribution in [0.2, 0.25) is 0 Å². The number of benzene rings is 1. The molecule has 0 aliphatic carbocycles. The van der Waals surface area contributed by atoms with E-state index in [9.17, 15) is 9.59 Å². The first kappa shape index (κ1) is 20.6. The summed E-state index contributed by atoms with van der Waals surface area (Å²) >= 11 is 1.34. The van der Waals surface area contributed by atoms with Crippen LogP contribution < -0.4 is 15.6 Å². The molecule has 29 heavy (non-hydrogen) atoms. The summed E-state index contributed by atoms with van der Waals surface area (Å²) in [4.78, 5) is 29.5. The van der Waals surface area contributed by atoms with E-state index in [0.717, 1.165) is 11.4 Å². The lowest BCUT2D eigenvalue weighted by Crippen LogP contribution is -2.41. The van der Waals surface area contributed by atoms with Crippen molar-refractivity contribution in [1.29, 1.82) is 0 Å². The number of hydrogen-bond acceptors (Lipinski definition) is 6. The molecule has 3 aromatic rings. The summed E-state index contributed by atoms with van der Waals surface area (Å²) in [7, 11) is 0. The summed E-state index contributed by atoms with van der Waals surface area (Å²) in [6, 6.07) is 12.5. The van der Waals surface area contributed by atoms with E-state index in [4.69, 9.17) is 9.15 Å². The van der Waals surface area contributed by atoms with E-state index in [1.54, 1.807) is 13.0 Å². The number of rotatable bonds is 7. The molecule has 7 nitrogen and oxygen atoms in total. The van der Waals surface area contributed by atoms with Gasteiger partial charge in [-0.05, 0) is 37.1 Å². The minimum atomic E-state index is -0.547. The SMILES string of the molecule is Cc1nc(CC(C)C)sc1C(=O)NNC(=O)c1ccc(COc2ccccc2)o1. The predicted molar refractivity (Wildman–Crippen MR) is 110 cm³/mol. The highest BCUT2D eigenvalue weighted by Gasteiger charge is 2.18. The van der Waals surface area contributed by atoms with Crippen molar-refractivity contribution in [3.63, 3.8) is 0 Å². The molecule has 2 amide bonds. The lowest BCUT2D eigenvalue weighted by molar-refractivity contribution is 0.0830. The third kappa shape index (κ3) is 5.68. The van der Waals surface area contributed by atoms with Gasteiger partial charge in [0.2, 0.25) is 0 Å². The molecule has 0 atom stereocenters. The third-order valence-corrected chi connectivity index (χ3v) is 5.11. The van der Waals surface area contributed by atoms with Crippen LogP contribution in [0.1, 0.15) is 50.5 Å². The van der Waals surface area contributed by atoms with Crippen LogP contribution in [0.25, 0.3) is 0 Å². The fourth-order valence-corrected chi connectivity index (χ4v) is 3.75. The molecule has 0 aliphatic heterocycles. The molecule has 1 aromatic carbocycles. The molecule has 3 rings (SSSR count). The molecule has 0 aliphatic rings.